The van der Waals surface area contributed by atoms with E-state index in [0.717, 1.165) is 21.3 Å². The lowest BCUT2D eigenvalue weighted by Gasteiger charge is -2.19. The normalized spacial score (nSPS) is 15.5. The average molecular weight is 519 g/mol. The summed E-state index contributed by atoms with van der Waals surface area (Å²) in [6.45, 7) is 0. The first-order chi connectivity index (χ1) is 16.0. The van der Waals surface area contributed by atoms with Gasteiger partial charge in [0.2, 0.25) is 0 Å². The van der Waals surface area contributed by atoms with E-state index in [1.165, 1.54) is 18.4 Å². The molecule has 0 aliphatic carbocycles. The van der Waals surface area contributed by atoms with Crippen molar-refractivity contribution in [2.75, 3.05) is 7.11 Å². The Hall–Kier alpha value is -3.42. The van der Waals surface area contributed by atoms with Crippen molar-refractivity contribution in [3.05, 3.63) is 120 Å². The van der Waals surface area contributed by atoms with Crippen LogP contribution in [0.1, 0.15) is 22.7 Å². The molecule has 2 heterocycles. The lowest BCUT2D eigenvalue weighted by molar-refractivity contribution is 0.373. The van der Waals surface area contributed by atoms with Crippen molar-refractivity contribution < 1.29 is 9.84 Å². The predicted octanol–water partition coefficient (Wildman–Crippen LogP) is 4.48. The summed E-state index contributed by atoms with van der Waals surface area (Å²) in [7, 11) is 1.50. The molecule has 0 spiro atoms. The van der Waals surface area contributed by atoms with Crippen molar-refractivity contribution in [1.82, 2.24) is 4.57 Å². The summed E-state index contributed by atoms with van der Waals surface area (Å²) in [6, 6.07) is 22.8. The minimum absolute atomic E-state index is 0.000250. The van der Waals surface area contributed by atoms with Crippen molar-refractivity contribution in [3.8, 4) is 11.5 Å². The van der Waals surface area contributed by atoms with Gasteiger partial charge in [0.25, 0.3) is 5.56 Å². The summed E-state index contributed by atoms with van der Waals surface area (Å²) in [5.41, 5.74) is 3.15. The smallest absolute Gasteiger partial charge is 0.271 e. The number of benzene rings is 3. The molecule has 0 bridgehead atoms. The molecule has 33 heavy (non-hydrogen) atoms. The molecule has 1 aromatic heterocycles. The Kier molecular flexibility index (Phi) is 5.74. The predicted molar refractivity (Wildman–Crippen MR) is 134 cm³/mol. The van der Waals surface area contributed by atoms with Gasteiger partial charge in [-0.1, -0.05) is 81.9 Å². The van der Waals surface area contributed by atoms with E-state index >= 15 is 0 Å². The Morgan fingerprint density at radius 2 is 1.82 bits per heavy atom. The highest BCUT2D eigenvalue weighted by molar-refractivity contribution is 9.10. The molecule has 5 nitrogen and oxygen atoms in total. The third kappa shape index (κ3) is 4.05. The number of methoxy groups -OCH3 is 1. The molecule has 3 aromatic carbocycles. The largest absolute Gasteiger partial charge is 0.504 e. The number of ether oxygens (including phenoxy) is 1. The monoisotopic (exact) mass is 518 g/mol. The summed E-state index contributed by atoms with van der Waals surface area (Å²) in [6.07, 6.45) is 3.71. The Bertz CT molecular complexity index is 1540. The molecule has 1 N–H and O–H groups in total. The van der Waals surface area contributed by atoms with Gasteiger partial charge in [0.15, 0.2) is 16.3 Å². The maximum absolute atomic E-state index is 13.5. The number of thiazole rings is 1. The molecule has 5 rings (SSSR count). The summed E-state index contributed by atoms with van der Waals surface area (Å²) in [5, 5.41) is 10.5. The lowest BCUT2D eigenvalue weighted by Crippen LogP contribution is -2.36. The highest BCUT2D eigenvalue weighted by atomic mass is 79.9. The van der Waals surface area contributed by atoms with Crippen molar-refractivity contribution in [2.45, 2.75) is 6.04 Å². The van der Waals surface area contributed by atoms with Crippen LogP contribution in [0.5, 0.6) is 11.5 Å². The Balaban J connectivity index is 1.73. The number of nitrogens with zero attached hydrogens (tertiary/aromatic N) is 2. The van der Waals surface area contributed by atoms with E-state index in [-0.39, 0.29) is 17.4 Å². The maximum Gasteiger partial charge on any atom is 0.271 e. The Morgan fingerprint density at radius 3 is 2.55 bits per heavy atom. The Morgan fingerprint density at radius 1 is 1.06 bits per heavy atom. The van der Waals surface area contributed by atoms with Crippen LogP contribution in [0.15, 0.2) is 93.1 Å². The van der Waals surface area contributed by atoms with Gasteiger partial charge in [0.1, 0.15) is 0 Å². The first kappa shape index (κ1) is 21.4. The van der Waals surface area contributed by atoms with Gasteiger partial charge in [-0.3, -0.25) is 9.36 Å². The van der Waals surface area contributed by atoms with E-state index in [2.05, 4.69) is 15.9 Å². The van der Waals surface area contributed by atoms with E-state index in [0.29, 0.717) is 20.6 Å². The molecule has 7 heteroatoms. The molecule has 0 radical (unpaired) electrons. The standard InChI is InChI=1S/C26H19BrN2O3S/c1-32-22-9-5-8-18(24(22)30)14-23-25(31)29-21(17-10-12-19(27)13-11-17)15-20(28-26(29)33-23)16-6-3-2-4-7-16/h2-15,21,30H,1H3. The van der Waals surface area contributed by atoms with Crippen molar-refractivity contribution in [2.24, 2.45) is 4.99 Å². The van der Waals surface area contributed by atoms with Crippen molar-refractivity contribution in [3.63, 3.8) is 0 Å². The van der Waals surface area contributed by atoms with Crippen LogP contribution >= 0.6 is 27.3 Å². The van der Waals surface area contributed by atoms with Crippen LogP contribution in [0, 0.1) is 0 Å². The van der Waals surface area contributed by atoms with Gasteiger partial charge in [0.05, 0.1) is 23.4 Å². The van der Waals surface area contributed by atoms with Crippen molar-refractivity contribution in [1.29, 1.82) is 0 Å². The van der Waals surface area contributed by atoms with Crippen LogP contribution in [0.4, 0.5) is 0 Å². The zero-order valence-electron chi connectivity index (χ0n) is 17.6. The SMILES string of the molecule is COc1cccc(C=c2sc3n(c2=O)C(c2ccc(Br)cc2)C=C(c2ccccc2)N=3)c1O. The second-order valence-electron chi connectivity index (χ2n) is 7.49. The molecule has 164 valence electrons. The molecule has 1 unspecified atom stereocenters. The second-order valence-corrected chi connectivity index (χ2v) is 9.42. The number of para-hydroxylation sites is 1. The fourth-order valence-electron chi connectivity index (χ4n) is 3.81. The lowest BCUT2D eigenvalue weighted by atomic mass is 10.0. The number of halogens is 1. The molecule has 4 aromatic rings. The third-order valence-electron chi connectivity index (χ3n) is 5.46. The van der Waals surface area contributed by atoms with Gasteiger partial charge >= 0.3 is 0 Å². The number of allylic oxidation sites excluding steroid dienone is 1. The molecular weight excluding hydrogens is 500 g/mol. The minimum atomic E-state index is -0.300. The molecule has 1 atom stereocenters. The summed E-state index contributed by atoms with van der Waals surface area (Å²) >= 11 is 4.79. The fraction of sp³-hybridized carbons (Fsp3) is 0.0769. The van der Waals surface area contributed by atoms with E-state index < -0.39 is 0 Å². The van der Waals surface area contributed by atoms with Crippen molar-refractivity contribution >= 4 is 39.0 Å². The van der Waals surface area contributed by atoms with E-state index in [1.54, 1.807) is 28.8 Å². The minimum Gasteiger partial charge on any atom is -0.504 e. The van der Waals surface area contributed by atoms with Gasteiger partial charge in [-0.05, 0) is 41.5 Å². The number of aromatic nitrogens is 1. The molecule has 1 aliphatic heterocycles. The van der Waals surface area contributed by atoms with E-state index in [1.807, 2.05) is 60.7 Å². The third-order valence-corrected chi connectivity index (χ3v) is 6.98. The van der Waals surface area contributed by atoms with Gasteiger partial charge in [-0.15, -0.1) is 0 Å². The van der Waals surface area contributed by atoms with Gasteiger partial charge < -0.3 is 9.84 Å². The summed E-state index contributed by atoms with van der Waals surface area (Å²) in [5.74, 6) is 0.357. The quantitative estimate of drug-likeness (QED) is 0.433. The number of aromatic hydroxyl groups is 1. The topological polar surface area (TPSA) is 63.8 Å². The number of hydrogen-bond acceptors (Lipinski definition) is 5. The molecule has 0 saturated carbocycles. The first-order valence-corrected chi connectivity index (χ1v) is 11.9. The fourth-order valence-corrected chi connectivity index (χ4v) is 5.08. The molecular formula is C26H19BrN2O3S. The van der Waals surface area contributed by atoms with Crippen LogP contribution in [-0.4, -0.2) is 16.8 Å². The number of rotatable bonds is 4. The molecule has 0 saturated heterocycles. The number of phenols is 1. The van der Waals surface area contributed by atoms with Crippen LogP contribution < -0.4 is 19.6 Å². The first-order valence-electron chi connectivity index (χ1n) is 10.3. The number of hydrogen-bond donors (Lipinski definition) is 1. The summed E-state index contributed by atoms with van der Waals surface area (Å²) < 4.78 is 8.37. The summed E-state index contributed by atoms with van der Waals surface area (Å²) in [4.78, 5) is 18.9. The van der Waals surface area contributed by atoms with Crippen LogP contribution in [0.2, 0.25) is 0 Å². The highest BCUT2D eigenvalue weighted by Crippen LogP contribution is 2.30. The molecule has 0 amide bonds. The molecule has 0 fully saturated rings. The zero-order chi connectivity index (χ0) is 22.9. The molecule has 1 aliphatic rings. The van der Waals surface area contributed by atoms with E-state index in [4.69, 9.17) is 9.73 Å². The zero-order valence-corrected chi connectivity index (χ0v) is 20.0. The average Bonchev–Trinajstić information content (AvgIpc) is 3.16. The highest BCUT2D eigenvalue weighted by Gasteiger charge is 2.22. The van der Waals surface area contributed by atoms with Crippen LogP contribution in [-0.2, 0) is 0 Å². The van der Waals surface area contributed by atoms with E-state index in [9.17, 15) is 9.90 Å². The van der Waals surface area contributed by atoms with Gasteiger partial charge in [-0.25, -0.2) is 4.99 Å². The van der Waals surface area contributed by atoms with Gasteiger partial charge in [-0.2, -0.15) is 0 Å². The second kappa shape index (κ2) is 8.84. The number of phenolic OH excluding ortho intramolecular Hbond substituents is 1. The number of fused-ring (bicyclic) bond motifs is 1. The Labute approximate surface area is 202 Å². The van der Waals surface area contributed by atoms with Crippen LogP contribution in [0.3, 0.4) is 0 Å². The van der Waals surface area contributed by atoms with Crippen LogP contribution in [0.25, 0.3) is 11.8 Å². The maximum atomic E-state index is 13.5. The van der Waals surface area contributed by atoms with Gasteiger partial charge in [0, 0.05) is 10.0 Å².